The van der Waals surface area contributed by atoms with Crippen molar-refractivity contribution in [3.8, 4) is 5.75 Å². The zero-order valence-electron chi connectivity index (χ0n) is 13.0. The molecule has 2 aromatic rings. The predicted molar refractivity (Wildman–Crippen MR) is 83.0 cm³/mol. The van der Waals surface area contributed by atoms with Gasteiger partial charge in [0.15, 0.2) is 0 Å². The summed E-state index contributed by atoms with van der Waals surface area (Å²) in [5, 5.41) is 3.77. The molecule has 5 nitrogen and oxygen atoms in total. The van der Waals surface area contributed by atoms with E-state index in [2.05, 4.69) is 10.3 Å². The van der Waals surface area contributed by atoms with Gasteiger partial charge < -0.3 is 14.8 Å². The van der Waals surface area contributed by atoms with Gasteiger partial charge in [-0.1, -0.05) is 12.1 Å². The molecule has 1 aromatic heterocycles. The average Bonchev–Trinajstić information content (AvgIpc) is 2.43. The number of hydrogen-bond acceptors (Lipinski definition) is 5. The number of hydrogen-bond donors (Lipinski definition) is 1. The molecule has 0 atom stereocenters. The minimum atomic E-state index is -0.550. The van der Waals surface area contributed by atoms with Crippen molar-refractivity contribution in [1.82, 2.24) is 4.98 Å². The number of nitrogens with one attached hydrogen (secondary N) is 1. The third kappa shape index (κ3) is 3.24. The molecule has 0 saturated carbocycles. The lowest BCUT2D eigenvalue weighted by Crippen LogP contribution is -2.24. The second kappa shape index (κ2) is 5.60. The Morgan fingerprint density at radius 2 is 2.00 bits per heavy atom. The largest absolute Gasteiger partial charge is 0.494 e. The van der Waals surface area contributed by atoms with Crippen LogP contribution >= 0.6 is 0 Å². The van der Waals surface area contributed by atoms with Crippen molar-refractivity contribution in [1.29, 1.82) is 0 Å². The summed E-state index contributed by atoms with van der Waals surface area (Å²) >= 11 is 0. The first-order valence-corrected chi connectivity index (χ1v) is 6.74. The van der Waals surface area contributed by atoms with E-state index in [0.29, 0.717) is 22.6 Å². The van der Waals surface area contributed by atoms with Gasteiger partial charge in [-0.15, -0.1) is 0 Å². The lowest BCUT2D eigenvalue weighted by atomic mass is 10.1. The van der Waals surface area contributed by atoms with Crippen molar-refractivity contribution in [2.24, 2.45) is 0 Å². The van der Waals surface area contributed by atoms with Gasteiger partial charge in [-0.25, -0.2) is 9.78 Å². The number of methoxy groups -OCH3 is 1. The molecule has 0 bridgehead atoms. The Labute approximate surface area is 124 Å². The fourth-order valence-electron chi connectivity index (χ4n) is 2.02. The van der Waals surface area contributed by atoms with Crippen molar-refractivity contribution in [2.45, 2.75) is 26.4 Å². The zero-order chi connectivity index (χ0) is 15.6. The molecule has 0 amide bonds. The third-order valence-corrected chi connectivity index (χ3v) is 2.88. The number of fused-ring (bicyclic) bond motifs is 1. The number of carbonyl (C=O) groups excluding carboxylic acids is 1. The lowest BCUT2D eigenvalue weighted by Gasteiger charge is -2.20. The van der Waals surface area contributed by atoms with E-state index in [0.717, 1.165) is 5.39 Å². The molecule has 2 rings (SSSR count). The minimum Gasteiger partial charge on any atom is -0.494 e. The lowest BCUT2D eigenvalue weighted by molar-refractivity contribution is 0.00705. The SMILES string of the molecule is CNc1nc2c(OC)cccc2cc1C(=O)OC(C)(C)C. The summed E-state index contributed by atoms with van der Waals surface area (Å²) in [6.45, 7) is 5.50. The molecule has 0 aliphatic rings. The quantitative estimate of drug-likeness (QED) is 0.879. The maximum Gasteiger partial charge on any atom is 0.342 e. The summed E-state index contributed by atoms with van der Waals surface area (Å²) in [5.74, 6) is 0.741. The first-order chi connectivity index (χ1) is 9.85. The van der Waals surface area contributed by atoms with Crippen molar-refractivity contribution >= 4 is 22.7 Å². The van der Waals surface area contributed by atoms with Crippen LogP contribution in [-0.2, 0) is 4.74 Å². The van der Waals surface area contributed by atoms with Crippen molar-refractivity contribution in [3.63, 3.8) is 0 Å². The summed E-state index contributed by atoms with van der Waals surface area (Å²) in [4.78, 5) is 16.8. The Balaban J connectivity index is 2.56. The smallest absolute Gasteiger partial charge is 0.342 e. The summed E-state index contributed by atoms with van der Waals surface area (Å²) in [6.07, 6.45) is 0. The van der Waals surface area contributed by atoms with Crippen LogP contribution in [0.1, 0.15) is 31.1 Å². The van der Waals surface area contributed by atoms with Crippen LogP contribution in [0.15, 0.2) is 24.3 Å². The topological polar surface area (TPSA) is 60.5 Å². The number of aromatic nitrogens is 1. The molecular weight excluding hydrogens is 268 g/mol. The van der Waals surface area contributed by atoms with E-state index < -0.39 is 11.6 Å². The number of pyridine rings is 1. The van der Waals surface area contributed by atoms with E-state index in [1.807, 2.05) is 39.0 Å². The van der Waals surface area contributed by atoms with Gasteiger partial charge in [0.2, 0.25) is 0 Å². The fourth-order valence-corrected chi connectivity index (χ4v) is 2.02. The normalized spacial score (nSPS) is 11.3. The summed E-state index contributed by atoms with van der Waals surface area (Å²) in [5.41, 5.74) is 0.565. The number of ether oxygens (including phenoxy) is 2. The fraction of sp³-hybridized carbons (Fsp3) is 0.375. The van der Waals surface area contributed by atoms with Gasteiger partial charge in [-0.2, -0.15) is 0 Å². The first-order valence-electron chi connectivity index (χ1n) is 6.74. The molecule has 0 aliphatic carbocycles. The molecule has 0 radical (unpaired) electrons. The zero-order valence-corrected chi connectivity index (χ0v) is 13.0. The third-order valence-electron chi connectivity index (χ3n) is 2.88. The Morgan fingerprint density at radius 1 is 1.29 bits per heavy atom. The molecule has 0 fully saturated rings. The number of rotatable bonds is 3. The van der Waals surface area contributed by atoms with Crippen molar-refractivity contribution in [2.75, 3.05) is 19.5 Å². The van der Waals surface area contributed by atoms with Gasteiger partial charge in [-0.05, 0) is 32.9 Å². The minimum absolute atomic E-state index is 0.399. The highest BCUT2D eigenvalue weighted by Crippen LogP contribution is 2.28. The molecule has 1 N–H and O–H groups in total. The molecule has 21 heavy (non-hydrogen) atoms. The van der Waals surface area contributed by atoms with E-state index in [1.165, 1.54) is 0 Å². The Hall–Kier alpha value is -2.30. The molecule has 0 aliphatic heterocycles. The van der Waals surface area contributed by atoms with Crippen LogP contribution in [0.2, 0.25) is 0 Å². The summed E-state index contributed by atoms with van der Waals surface area (Å²) in [6, 6.07) is 7.35. The maximum absolute atomic E-state index is 12.3. The number of anilines is 1. The highest BCUT2D eigenvalue weighted by atomic mass is 16.6. The summed E-state index contributed by atoms with van der Waals surface area (Å²) < 4.78 is 10.7. The molecule has 0 saturated heterocycles. The van der Waals surface area contributed by atoms with Crippen LogP contribution in [0, 0.1) is 0 Å². The van der Waals surface area contributed by atoms with E-state index in [-0.39, 0.29) is 0 Å². The van der Waals surface area contributed by atoms with E-state index in [1.54, 1.807) is 20.2 Å². The van der Waals surface area contributed by atoms with Crippen molar-refractivity contribution in [3.05, 3.63) is 29.8 Å². The van der Waals surface area contributed by atoms with Gasteiger partial charge in [0.25, 0.3) is 0 Å². The first kappa shape index (κ1) is 15.1. The number of benzene rings is 1. The van der Waals surface area contributed by atoms with Gasteiger partial charge in [0.05, 0.1) is 7.11 Å². The second-order valence-corrected chi connectivity index (χ2v) is 5.67. The highest BCUT2D eigenvalue weighted by Gasteiger charge is 2.22. The molecule has 1 aromatic carbocycles. The Bertz CT molecular complexity index is 675. The number of nitrogens with zero attached hydrogens (tertiary/aromatic N) is 1. The van der Waals surface area contributed by atoms with Crippen LogP contribution in [0.25, 0.3) is 10.9 Å². The Kier molecular flexibility index (Phi) is 4.02. The molecule has 1 heterocycles. The molecule has 0 spiro atoms. The van der Waals surface area contributed by atoms with E-state index >= 15 is 0 Å². The van der Waals surface area contributed by atoms with E-state index in [4.69, 9.17) is 9.47 Å². The second-order valence-electron chi connectivity index (χ2n) is 5.67. The number of para-hydroxylation sites is 1. The van der Waals surface area contributed by atoms with Gasteiger partial charge in [0.1, 0.15) is 28.2 Å². The van der Waals surface area contributed by atoms with Crippen LogP contribution in [0.5, 0.6) is 5.75 Å². The number of carbonyl (C=O) groups is 1. The van der Waals surface area contributed by atoms with E-state index in [9.17, 15) is 4.79 Å². The van der Waals surface area contributed by atoms with Gasteiger partial charge >= 0.3 is 5.97 Å². The number of esters is 1. The van der Waals surface area contributed by atoms with Crippen molar-refractivity contribution < 1.29 is 14.3 Å². The summed E-state index contributed by atoms with van der Waals surface area (Å²) in [7, 11) is 3.31. The van der Waals surface area contributed by atoms with Crippen LogP contribution in [0.3, 0.4) is 0 Å². The Morgan fingerprint density at radius 3 is 2.57 bits per heavy atom. The average molecular weight is 288 g/mol. The van der Waals surface area contributed by atoms with Crippen LogP contribution < -0.4 is 10.1 Å². The highest BCUT2D eigenvalue weighted by molar-refractivity contribution is 6.00. The van der Waals surface area contributed by atoms with Gasteiger partial charge in [-0.3, -0.25) is 0 Å². The monoisotopic (exact) mass is 288 g/mol. The van der Waals surface area contributed by atoms with Crippen LogP contribution in [-0.4, -0.2) is 30.7 Å². The molecule has 112 valence electrons. The predicted octanol–water partition coefficient (Wildman–Crippen LogP) is 3.24. The maximum atomic E-state index is 12.3. The molecule has 0 unspecified atom stereocenters. The molecular formula is C16H20N2O3. The van der Waals surface area contributed by atoms with Crippen LogP contribution in [0.4, 0.5) is 5.82 Å². The standard InChI is InChI=1S/C16H20N2O3/c1-16(2,3)21-15(19)11-9-10-7-6-8-12(20-5)13(10)18-14(11)17-4/h6-9H,1-5H3,(H,17,18). The molecule has 5 heteroatoms. The van der Waals surface area contributed by atoms with Gasteiger partial charge in [0, 0.05) is 12.4 Å².